The van der Waals surface area contributed by atoms with Crippen LogP contribution >= 0.6 is 0 Å². The first kappa shape index (κ1) is 23.4. The van der Waals surface area contributed by atoms with E-state index in [0.717, 1.165) is 23.5 Å². The minimum Gasteiger partial charge on any atom is -0.448 e. The van der Waals surface area contributed by atoms with Gasteiger partial charge in [-0.25, -0.2) is 4.79 Å². The van der Waals surface area contributed by atoms with E-state index in [2.05, 4.69) is 23.7 Å². The third kappa shape index (κ3) is 5.83. The van der Waals surface area contributed by atoms with Crippen LogP contribution in [0.1, 0.15) is 43.3 Å². The van der Waals surface area contributed by atoms with E-state index in [1.807, 2.05) is 32.1 Å². The number of amides is 1. The number of anilines is 1. The molecule has 1 heterocycles. The fourth-order valence-electron chi connectivity index (χ4n) is 3.11. The van der Waals surface area contributed by atoms with Crippen molar-refractivity contribution < 1.29 is 14.3 Å². The molecule has 1 N–H and O–H groups in total. The van der Waals surface area contributed by atoms with E-state index in [0.29, 0.717) is 17.2 Å². The number of benzene rings is 1. The average Bonchev–Trinajstić information content (AvgIpc) is 2.99. The normalized spacial score (nSPS) is 12.1. The van der Waals surface area contributed by atoms with Gasteiger partial charge in [0.15, 0.2) is 6.10 Å². The first-order valence-corrected chi connectivity index (χ1v) is 9.97. The minimum atomic E-state index is -1.15. The Morgan fingerprint density at radius 1 is 1.19 bits per heavy atom. The number of nitrogens with zero attached hydrogens (tertiary/aromatic N) is 3. The van der Waals surface area contributed by atoms with E-state index in [9.17, 15) is 14.9 Å². The summed E-state index contributed by atoms with van der Waals surface area (Å²) >= 11 is 0. The summed E-state index contributed by atoms with van der Waals surface area (Å²) in [4.78, 5) is 24.9. The highest BCUT2D eigenvalue weighted by Gasteiger charge is 2.22. The van der Waals surface area contributed by atoms with Crippen molar-refractivity contribution in [3.05, 3.63) is 58.4 Å². The van der Waals surface area contributed by atoms with Crippen LogP contribution in [-0.4, -0.2) is 22.5 Å². The Hall–Kier alpha value is -3.84. The van der Waals surface area contributed by atoms with Crippen LogP contribution in [0.3, 0.4) is 0 Å². The Bertz CT molecular complexity index is 1100. The Labute approximate surface area is 182 Å². The van der Waals surface area contributed by atoms with Crippen molar-refractivity contribution in [3.8, 4) is 12.1 Å². The highest BCUT2D eigenvalue weighted by atomic mass is 16.5. The molecular weight excluding hydrogens is 392 g/mol. The number of nitrogens with one attached hydrogen (secondary N) is 1. The van der Waals surface area contributed by atoms with Crippen LogP contribution in [0.4, 0.5) is 5.69 Å². The number of aromatic nitrogens is 1. The molecule has 0 bridgehead atoms. The fourth-order valence-corrected chi connectivity index (χ4v) is 3.11. The molecule has 2 aromatic rings. The zero-order valence-electron chi connectivity index (χ0n) is 18.4. The summed E-state index contributed by atoms with van der Waals surface area (Å²) in [5.74, 6) is -1.02. The molecule has 31 heavy (non-hydrogen) atoms. The van der Waals surface area contributed by atoms with Gasteiger partial charge in [-0.2, -0.15) is 10.5 Å². The monoisotopic (exact) mass is 418 g/mol. The van der Waals surface area contributed by atoms with Gasteiger partial charge in [-0.05, 0) is 56.5 Å². The van der Waals surface area contributed by atoms with Crippen LogP contribution in [0, 0.1) is 42.4 Å². The van der Waals surface area contributed by atoms with Gasteiger partial charge in [-0.3, -0.25) is 4.79 Å². The van der Waals surface area contributed by atoms with Crippen LogP contribution in [0.15, 0.2) is 35.9 Å². The smallest absolute Gasteiger partial charge is 0.349 e. The van der Waals surface area contributed by atoms with Crippen molar-refractivity contribution in [1.29, 1.82) is 10.5 Å². The van der Waals surface area contributed by atoms with E-state index >= 15 is 0 Å². The molecule has 1 aromatic heterocycles. The summed E-state index contributed by atoms with van der Waals surface area (Å²) in [5, 5.41) is 21.1. The molecule has 2 rings (SSSR count). The second-order valence-electron chi connectivity index (χ2n) is 7.69. The molecule has 0 saturated heterocycles. The van der Waals surface area contributed by atoms with Gasteiger partial charge in [0.1, 0.15) is 17.7 Å². The average molecular weight is 418 g/mol. The summed E-state index contributed by atoms with van der Waals surface area (Å²) in [6.45, 7) is 10.4. The number of para-hydroxylation sites is 1. The first-order valence-electron chi connectivity index (χ1n) is 9.97. The lowest BCUT2D eigenvalue weighted by atomic mass is 10.1. The number of nitriles is 2. The van der Waals surface area contributed by atoms with Gasteiger partial charge < -0.3 is 14.6 Å². The van der Waals surface area contributed by atoms with E-state index in [1.54, 1.807) is 24.3 Å². The summed E-state index contributed by atoms with van der Waals surface area (Å²) in [6.07, 6.45) is 0.335. The Balaban J connectivity index is 2.15. The fraction of sp³-hybridized carbons (Fsp3) is 0.333. The molecule has 1 atom stereocenters. The Kier molecular flexibility index (Phi) is 7.76. The van der Waals surface area contributed by atoms with Gasteiger partial charge >= 0.3 is 5.97 Å². The number of rotatable bonds is 7. The Morgan fingerprint density at radius 2 is 1.87 bits per heavy atom. The van der Waals surface area contributed by atoms with Crippen molar-refractivity contribution >= 4 is 23.6 Å². The molecule has 160 valence electrons. The zero-order valence-corrected chi connectivity index (χ0v) is 18.4. The highest BCUT2D eigenvalue weighted by Crippen LogP contribution is 2.20. The second-order valence-corrected chi connectivity index (χ2v) is 7.69. The van der Waals surface area contributed by atoms with Crippen LogP contribution < -0.4 is 5.32 Å². The van der Waals surface area contributed by atoms with Gasteiger partial charge in [0.05, 0.1) is 11.3 Å². The molecular formula is C24H26N4O3. The van der Waals surface area contributed by atoms with E-state index < -0.39 is 18.0 Å². The van der Waals surface area contributed by atoms with Gasteiger partial charge in [-0.15, -0.1) is 0 Å². The molecule has 7 nitrogen and oxygen atoms in total. The molecule has 1 aromatic carbocycles. The van der Waals surface area contributed by atoms with Gasteiger partial charge in [0.25, 0.3) is 5.91 Å². The summed E-state index contributed by atoms with van der Waals surface area (Å²) in [6, 6.07) is 12.3. The molecule has 0 aliphatic carbocycles. The lowest BCUT2D eigenvalue weighted by Gasteiger charge is -2.14. The van der Waals surface area contributed by atoms with E-state index in [4.69, 9.17) is 10.00 Å². The van der Waals surface area contributed by atoms with Crippen molar-refractivity contribution in [2.75, 3.05) is 5.32 Å². The van der Waals surface area contributed by atoms with Crippen molar-refractivity contribution in [1.82, 2.24) is 4.57 Å². The maximum atomic E-state index is 12.5. The maximum Gasteiger partial charge on any atom is 0.349 e. The number of hydrogen-bond donors (Lipinski definition) is 1. The molecule has 0 unspecified atom stereocenters. The number of carbonyl (C=O) groups is 2. The van der Waals surface area contributed by atoms with Gasteiger partial charge in [-0.1, -0.05) is 26.0 Å². The number of ether oxygens (including phenoxy) is 1. The van der Waals surface area contributed by atoms with Crippen LogP contribution in [0.25, 0.3) is 6.08 Å². The molecule has 0 radical (unpaired) electrons. The summed E-state index contributed by atoms with van der Waals surface area (Å²) < 4.78 is 7.33. The molecule has 0 fully saturated rings. The highest BCUT2D eigenvalue weighted by molar-refractivity contribution is 6.01. The predicted molar refractivity (Wildman–Crippen MR) is 118 cm³/mol. The summed E-state index contributed by atoms with van der Waals surface area (Å²) in [5.41, 5.74) is 3.17. The number of esters is 1. The molecule has 0 saturated carbocycles. The quantitative estimate of drug-likeness (QED) is 0.413. The van der Waals surface area contributed by atoms with Crippen LogP contribution in [0.5, 0.6) is 0 Å². The van der Waals surface area contributed by atoms with Gasteiger partial charge in [0, 0.05) is 17.9 Å². The SMILES string of the molecule is Cc1cc(/C=C(\C#N)C(=O)O[C@@H](C)C(=O)Nc2ccccc2C#N)c(C)n1CC(C)C. The lowest BCUT2D eigenvalue weighted by Crippen LogP contribution is -2.30. The third-order valence-corrected chi connectivity index (χ3v) is 4.76. The largest absolute Gasteiger partial charge is 0.448 e. The molecule has 7 heteroatoms. The van der Waals surface area contributed by atoms with Crippen molar-refractivity contribution in [2.45, 2.75) is 47.3 Å². The summed E-state index contributed by atoms with van der Waals surface area (Å²) in [7, 11) is 0. The molecule has 0 spiro atoms. The molecule has 0 aliphatic heterocycles. The number of carbonyl (C=O) groups excluding carboxylic acids is 2. The zero-order chi connectivity index (χ0) is 23.1. The molecule has 0 aliphatic rings. The van der Waals surface area contributed by atoms with Crippen LogP contribution in [-0.2, 0) is 20.9 Å². The number of aryl methyl sites for hydroxylation is 1. The molecule has 1 amide bonds. The minimum absolute atomic E-state index is 0.193. The van der Waals surface area contributed by atoms with E-state index in [-0.39, 0.29) is 5.57 Å². The lowest BCUT2D eigenvalue weighted by molar-refractivity contribution is -0.148. The van der Waals surface area contributed by atoms with Crippen molar-refractivity contribution in [2.24, 2.45) is 5.92 Å². The van der Waals surface area contributed by atoms with Crippen LogP contribution in [0.2, 0.25) is 0 Å². The van der Waals surface area contributed by atoms with Gasteiger partial charge in [0.2, 0.25) is 0 Å². The van der Waals surface area contributed by atoms with Crippen molar-refractivity contribution in [3.63, 3.8) is 0 Å². The second kappa shape index (κ2) is 10.3. The predicted octanol–water partition coefficient (Wildman–Crippen LogP) is 4.11. The van der Waals surface area contributed by atoms with E-state index in [1.165, 1.54) is 13.0 Å². The Morgan fingerprint density at radius 3 is 2.48 bits per heavy atom. The standard InChI is InChI=1S/C24H26N4O3/c1-15(2)14-28-16(3)10-20(17(28)4)11-21(13-26)24(30)31-18(5)23(29)27-22-9-7-6-8-19(22)12-25/h6-11,15,18H,14H2,1-5H3,(H,27,29)/b21-11+/t18-/m0/s1. The first-order chi connectivity index (χ1) is 14.7. The topological polar surface area (TPSA) is 108 Å². The maximum absolute atomic E-state index is 12.5. The third-order valence-electron chi connectivity index (χ3n) is 4.76. The number of hydrogen-bond acceptors (Lipinski definition) is 5.